The van der Waals surface area contributed by atoms with Crippen LogP contribution in [0.2, 0.25) is 0 Å². The molecule has 1 fully saturated rings. The van der Waals surface area contributed by atoms with Gasteiger partial charge < -0.3 is 0 Å². The lowest BCUT2D eigenvalue weighted by atomic mass is 10.0. The molecule has 1 saturated heterocycles. The van der Waals surface area contributed by atoms with E-state index in [2.05, 4.69) is 57.6 Å². The van der Waals surface area contributed by atoms with Crippen LogP contribution in [0, 0.1) is 0 Å². The van der Waals surface area contributed by atoms with Gasteiger partial charge in [-0.25, -0.2) is 0 Å². The van der Waals surface area contributed by atoms with Gasteiger partial charge in [0.25, 0.3) is 0 Å². The largest absolute Gasteiger partial charge is 0.295 e. The summed E-state index contributed by atoms with van der Waals surface area (Å²) in [5.74, 6) is -0.365. The molecule has 0 saturated carbocycles. The molecule has 2 atom stereocenters. The molecule has 0 radical (unpaired) electrons. The Morgan fingerprint density at radius 3 is 2.90 bits per heavy atom. The minimum Gasteiger partial charge on any atom is -0.295 e. The Bertz CT molecular complexity index is 578. The van der Waals surface area contributed by atoms with Crippen molar-refractivity contribution in [3.8, 4) is 0 Å². The van der Waals surface area contributed by atoms with Crippen molar-refractivity contribution in [1.82, 2.24) is 10.2 Å². The molecule has 2 amide bonds. The first-order valence-corrected chi connectivity index (χ1v) is 8.60. The van der Waals surface area contributed by atoms with Crippen molar-refractivity contribution in [3.63, 3.8) is 0 Å². The zero-order valence-corrected chi connectivity index (χ0v) is 13.9. The summed E-state index contributed by atoms with van der Waals surface area (Å²) in [6.07, 6.45) is 0.984. The summed E-state index contributed by atoms with van der Waals surface area (Å²) >= 11 is 7.04. The second kappa shape index (κ2) is 5.65. The summed E-state index contributed by atoms with van der Waals surface area (Å²) in [7, 11) is 0. The van der Waals surface area contributed by atoms with Crippen molar-refractivity contribution in [1.29, 1.82) is 0 Å². The van der Waals surface area contributed by atoms with Crippen LogP contribution in [0.15, 0.2) is 18.2 Å². The number of amides is 2. The van der Waals surface area contributed by atoms with Gasteiger partial charge in [0.2, 0.25) is 11.8 Å². The number of imide groups is 1. The highest BCUT2D eigenvalue weighted by Crippen LogP contribution is 2.40. The van der Waals surface area contributed by atoms with E-state index in [1.54, 1.807) is 0 Å². The normalized spacial score (nSPS) is 26.5. The Labute approximate surface area is 136 Å². The molecule has 4 nitrogen and oxygen atoms in total. The summed E-state index contributed by atoms with van der Waals surface area (Å²) in [6.45, 7) is 0.731. The number of piperidine rings is 1. The number of halogens is 1. The lowest BCUT2D eigenvalue weighted by Gasteiger charge is -2.32. The molecule has 6 heteroatoms. The third-order valence-electron chi connectivity index (χ3n) is 4.00. The molecule has 2 aliphatic heterocycles. The van der Waals surface area contributed by atoms with Crippen molar-refractivity contribution in [2.75, 3.05) is 0 Å². The Kier molecular flexibility index (Phi) is 4.05. The minimum atomic E-state index is -0.260. The van der Waals surface area contributed by atoms with Crippen LogP contribution in [0.5, 0.6) is 0 Å². The van der Waals surface area contributed by atoms with E-state index in [0.29, 0.717) is 12.8 Å². The smallest absolute Gasteiger partial charge is 0.243 e. The Morgan fingerprint density at radius 1 is 1.40 bits per heavy atom. The number of thiol groups is 1. The number of carbonyl (C=O) groups is 2. The molecule has 2 aliphatic rings. The summed E-state index contributed by atoms with van der Waals surface area (Å²) < 4.78 is 0.949. The van der Waals surface area contributed by atoms with Crippen LogP contribution in [-0.2, 0) is 20.6 Å². The number of rotatable bonds is 2. The molecule has 0 bridgehead atoms. The van der Waals surface area contributed by atoms with Crippen LogP contribution in [0.3, 0.4) is 0 Å². The topological polar surface area (TPSA) is 49.4 Å². The van der Waals surface area contributed by atoms with Crippen LogP contribution in [0.25, 0.3) is 0 Å². The number of carbonyl (C=O) groups excluding carboxylic acids is 2. The van der Waals surface area contributed by atoms with Gasteiger partial charge in [0.1, 0.15) is 0 Å². The van der Waals surface area contributed by atoms with E-state index in [-0.39, 0.29) is 23.2 Å². The van der Waals surface area contributed by atoms with Crippen LogP contribution in [0.1, 0.15) is 34.9 Å². The van der Waals surface area contributed by atoms with Gasteiger partial charge in [-0.05, 0) is 23.1 Å². The van der Waals surface area contributed by atoms with E-state index in [1.165, 1.54) is 16.7 Å². The van der Waals surface area contributed by atoms with Gasteiger partial charge in [-0.15, -0.1) is 0 Å². The van der Waals surface area contributed by atoms with Gasteiger partial charge in [-0.2, -0.15) is 12.6 Å². The Balaban J connectivity index is 1.88. The fourth-order valence-electron chi connectivity index (χ4n) is 2.94. The summed E-state index contributed by atoms with van der Waals surface area (Å²) in [5.41, 5.74) is 3.77. The van der Waals surface area contributed by atoms with Gasteiger partial charge in [0, 0.05) is 17.4 Å². The van der Waals surface area contributed by atoms with E-state index in [4.69, 9.17) is 0 Å². The van der Waals surface area contributed by atoms with Crippen LogP contribution >= 0.6 is 35.2 Å². The second-order valence-electron chi connectivity index (χ2n) is 5.13. The van der Waals surface area contributed by atoms with Gasteiger partial charge >= 0.3 is 0 Å². The van der Waals surface area contributed by atoms with Crippen LogP contribution in [0.4, 0.5) is 0 Å². The monoisotopic (exact) mass is 402 g/mol. The van der Waals surface area contributed by atoms with Crippen molar-refractivity contribution in [3.05, 3.63) is 34.9 Å². The van der Waals surface area contributed by atoms with Crippen molar-refractivity contribution in [2.45, 2.75) is 35.2 Å². The van der Waals surface area contributed by atoms with Crippen molar-refractivity contribution in [2.24, 2.45) is 0 Å². The van der Waals surface area contributed by atoms with Gasteiger partial charge in [-0.3, -0.25) is 19.8 Å². The lowest BCUT2D eigenvalue weighted by Crippen LogP contribution is -2.51. The average Bonchev–Trinajstić information content (AvgIpc) is 2.76. The second-order valence-corrected chi connectivity index (χ2v) is 6.38. The number of hydrogen-bond acceptors (Lipinski definition) is 4. The lowest BCUT2D eigenvalue weighted by molar-refractivity contribution is -0.137. The van der Waals surface area contributed by atoms with Crippen molar-refractivity contribution >= 4 is 47.0 Å². The zero-order valence-electron chi connectivity index (χ0n) is 10.8. The average molecular weight is 402 g/mol. The molecular weight excluding hydrogens is 387 g/mol. The minimum absolute atomic E-state index is 0.0724. The number of alkyl halides is 1. The van der Waals surface area contributed by atoms with Gasteiger partial charge in [0.05, 0.1) is 11.4 Å². The maximum atomic E-state index is 12.0. The molecule has 2 heterocycles. The van der Waals surface area contributed by atoms with Crippen LogP contribution in [-0.4, -0.2) is 22.8 Å². The first-order chi connectivity index (χ1) is 9.61. The molecule has 3 rings (SSSR count). The number of hydrogen-bond donors (Lipinski definition) is 2. The molecule has 0 aromatic heterocycles. The molecule has 2 unspecified atom stereocenters. The first-order valence-electron chi connectivity index (χ1n) is 6.56. The fraction of sp³-hybridized carbons (Fsp3) is 0.429. The number of nitrogens with one attached hydrogen (secondary N) is 1. The molecule has 0 spiro atoms. The fourth-order valence-corrected chi connectivity index (χ4v) is 4.14. The van der Waals surface area contributed by atoms with Gasteiger partial charge in [-0.1, -0.05) is 40.8 Å². The van der Waals surface area contributed by atoms with E-state index in [0.717, 1.165) is 11.0 Å². The number of fused-ring (bicyclic) bond motifs is 1. The SMILES string of the molecule is O=C1CCC(N2Cc3c(CI)cccc3C2S)C(=O)N1. The maximum absolute atomic E-state index is 12.0. The summed E-state index contributed by atoms with van der Waals surface area (Å²) in [6, 6.07) is 5.99. The highest BCUT2D eigenvalue weighted by molar-refractivity contribution is 14.1. The van der Waals surface area contributed by atoms with Gasteiger partial charge in [0.15, 0.2) is 0 Å². The third-order valence-corrected chi connectivity index (χ3v) is 5.39. The van der Waals surface area contributed by atoms with E-state index in [9.17, 15) is 9.59 Å². The standard InChI is InChI=1S/C14H15IN2O2S/c15-6-8-2-1-3-9-10(8)7-17(14(9)20)11-4-5-12(18)16-13(11)19/h1-3,11,14,20H,4-7H2,(H,16,18,19). The molecular formula is C14H15IN2O2S. The Morgan fingerprint density at radius 2 is 2.20 bits per heavy atom. The van der Waals surface area contributed by atoms with Crippen LogP contribution < -0.4 is 5.32 Å². The molecule has 106 valence electrons. The molecule has 20 heavy (non-hydrogen) atoms. The third kappa shape index (κ3) is 2.37. The van der Waals surface area contributed by atoms with E-state index in [1.807, 2.05) is 6.07 Å². The van der Waals surface area contributed by atoms with E-state index >= 15 is 0 Å². The van der Waals surface area contributed by atoms with Crippen molar-refractivity contribution < 1.29 is 9.59 Å². The predicted octanol–water partition coefficient (Wildman–Crippen LogP) is 2.17. The maximum Gasteiger partial charge on any atom is 0.243 e. The molecule has 1 N–H and O–H groups in total. The number of nitrogens with zero attached hydrogens (tertiary/aromatic N) is 1. The molecule has 0 aliphatic carbocycles. The van der Waals surface area contributed by atoms with E-state index < -0.39 is 0 Å². The zero-order chi connectivity index (χ0) is 14.3. The highest BCUT2D eigenvalue weighted by Gasteiger charge is 2.39. The first kappa shape index (κ1) is 14.3. The quantitative estimate of drug-likeness (QED) is 0.345. The highest BCUT2D eigenvalue weighted by atomic mass is 127. The molecule has 1 aromatic carbocycles. The Hall–Kier alpha value is -0.600. The molecule has 1 aromatic rings. The summed E-state index contributed by atoms with van der Waals surface area (Å²) in [5, 5.41) is 2.35. The number of benzene rings is 1. The predicted molar refractivity (Wildman–Crippen MR) is 87.6 cm³/mol. The summed E-state index contributed by atoms with van der Waals surface area (Å²) in [4.78, 5) is 25.4.